The smallest absolute Gasteiger partial charge is 0.251 e. The molecule has 1 aromatic rings. The number of rotatable bonds is 8. The molecule has 20 heavy (non-hydrogen) atoms. The second-order valence-corrected chi connectivity index (χ2v) is 6.30. The maximum atomic E-state index is 11.9. The van der Waals surface area contributed by atoms with Crippen LogP contribution in [0.4, 0.5) is 0 Å². The number of sulfonamides is 1. The molecule has 2 N–H and O–H groups in total. The minimum Gasteiger partial charge on any atom is -0.352 e. The Bertz CT molecular complexity index is 524. The first-order valence-electron chi connectivity index (χ1n) is 6.89. The SMILES string of the molecule is CCCCNC(=O)c1ccc(S(=O)(=O)NCCC)cc1. The Labute approximate surface area is 120 Å². The van der Waals surface area contributed by atoms with E-state index in [9.17, 15) is 13.2 Å². The summed E-state index contributed by atoms with van der Waals surface area (Å²) in [4.78, 5) is 12.0. The van der Waals surface area contributed by atoms with Gasteiger partial charge in [-0.25, -0.2) is 13.1 Å². The monoisotopic (exact) mass is 298 g/mol. The third-order valence-electron chi connectivity index (χ3n) is 2.78. The summed E-state index contributed by atoms with van der Waals surface area (Å²) in [6.07, 6.45) is 2.68. The number of carbonyl (C=O) groups excluding carboxylic acids is 1. The molecule has 112 valence electrons. The zero-order valence-electron chi connectivity index (χ0n) is 12.0. The van der Waals surface area contributed by atoms with Gasteiger partial charge in [0.1, 0.15) is 0 Å². The first-order valence-corrected chi connectivity index (χ1v) is 8.37. The summed E-state index contributed by atoms with van der Waals surface area (Å²) in [5, 5.41) is 2.79. The molecule has 1 amide bonds. The number of nitrogens with one attached hydrogen (secondary N) is 2. The number of hydrogen-bond donors (Lipinski definition) is 2. The second-order valence-electron chi connectivity index (χ2n) is 4.53. The molecule has 0 bridgehead atoms. The van der Waals surface area contributed by atoms with Gasteiger partial charge in [0.25, 0.3) is 5.91 Å². The highest BCUT2D eigenvalue weighted by Gasteiger charge is 2.13. The van der Waals surface area contributed by atoms with E-state index in [2.05, 4.69) is 17.0 Å². The van der Waals surface area contributed by atoms with Gasteiger partial charge in [0, 0.05) is 18.7 Å². The van der Waals surface area contributed by atoms with Crippen LogP contribution in [0.3, 0.4) is 0 Å². The zero-order valence-corrected chi connectivity index (χ0v) is 12.8. The number of amides is 1. The average Bonchev–Trinajstić information content (AvgIpc) is 2.45. The molecule has 0 aliphatic heterocycles. The van der Waals surface area contributed by atoms with Crippen LogP contribution in [0.1, 0.15) is 43.5 Å². The minimum atomic E-state index is -3.47. The summed E-state index contributed by atoms with van der Waals surface area (Å²) in [7, 11) is -3.47. The maximum absolute atomic E-state index is 11.9. The van der Waals surface area contributed by atoms with E-state index in [1.165, 1.54) is 24.3 Å². The predicted octanol–water partition coefficient (Wildman–Crippen LogP) is 1.90. The van der Waals surface area contributed by atoms with Gasteiger partial charge < -0.3 is 5.32 Å². The van der Waals surface area contributed by atoms with Gasteiger partial charge in [-0.2, -0.15) is 0 Å². The third-order valence-corrected chi connectivity index (χ3v) is 4.26. The van der Waals surface area contributed by atoms with Crippen LogP contribution >= 0.6 is 0 Å². The van der Waals surface area contributed by atoms with Crippen LogP contribution in [-0.2, 0) is 10.0 Å². The lowest BCUT2D eigenvalue weighted by atomic mass is 10.2. The molecule has 1 aromatic carbocycles. The van der Waals surface area contributed by atoms with E-state index in [0.29, 0.717) is 18.7 Å². The van der Waals surface area contributed by atoms with Gasteiger partial charge in [-0.15, -0.1) is 0 Å². The first-order chi connectivity index (χ1) is 9.51. The van der Waals surface area contributed by atoms with E-state index < -0.39 is 10.0 Å². The minimum absolute atomic E-state index is 0.177. The molecule has 0 fully saturated rings. The van der Waals surface area contributed by atoms with Crippen LogP contribution in [0.25, 0.3) is 0 Å². The summed E-state index contributed by atoms with van der Waals surface area (Å²) < 4.78 is 26.2. The van der Waals surface area contributed by atoms with E-state index in [4.69, 9.17) is 0 Å². The molecule has 0 unspecified atom stereocenters. The first kappa shape index (κ1) is 16.7. The van der Waals surface area contributed by atoms with E-state index in [-0.39, 0.29) is 10.8 Å². The van der Waals surface area contributed by atoms with Crippen LogP contribution in [0, 0.1) is 0 Å². The number of hydrogen-bond acceptors (Lipinski definition) is 3. The lowest BCUT2D eigenvalue weighted by Crippen LogP contribution is -2.25. The second kappa shape index (κ2) is 8.01. The zero-order chi connectivity index (χ0) is 15.0. The highest BCUT2D eigenvalue weighted by molar-refractivity contribution is 7.89. The van der Waals surface area contributed by atoms with Crippen molar-refractivity contribution in [2.75, 3.05) is 13.1 Å². The van der Waals surface area contributed by atoms with Crippen LogP contribution in [0.2, 0.25) is 0 Å². The van der Waals surface area contributed by atoms with E-state index >= 15 is 0 Å². The number of carbonyl (C=O) groups is 1. The molecule has 6 heteroatoms. The van der Waals surface area contributed by atoms with Crippen molar-refractivity contribution >= 4 is 15.9 Å². The van der Waals surface area contributed by atoms with Crippen molar-refractivity contribution in [2.45, 2.75) is 38.0 Å². The Morgan fingerprint density at radius 2 is 1.70 bits per heavy atom. The normalized spacial score (nSPS) is 11.3. The molecule has 0 spiro atoms. The molecule has 5 nitrogen and oxygen atoms in total. The van der Waals surface area contributed by atoms with Crippen molar-refractivity contribution in [2.24, 2.45) is 0 Å². The van der Waals surface area contributed by atoms with Crippen molar-refractivity contribution in [1.29, 1.82) is 0 Å². The molecule has 0 aromatic heterocycles. The molecule has 0 saturated carbocycles. The summed E-state index contributed by atoms with van der Waals surface area (Å²) in [6, 6.07) is 5.96. The Morgan fingerprint density at radius 3 is 2.25 bits per heavy atom. The van der Waals surface area contributed by atoms with Gasteiger partial charge in [-0.05, 0) is 37.1 Å². The third kappa shape index (κ3) is 4.94. The van der Waals surface area contributed by atoms with E-state index in [0.717, 1.165) is 19.3 Å². The largest absolute Gasteiger partial charge is 0.352 e. The quantitative estimate of drug-likeness (QED) is 0.720. The van der Waals surface area contributed by atoms with Crippen molar-refractivity contribution in [3.05, 3.63) is 29.8 Å². The molecule has 0 heterocycles. The van der Waals surface area contributed by atoms with E-state index in [1.807, 2.05) is 6.92 Å². The van der Waals surface area contributed by atoms with Crippen LogP contribution < -0.4 is 10.0 Å². The topological polar surface area (TPSA) is 75.3 Å². The number of benzene rings is 1. The Morgan fingerprint density at radius 1 is 1.05 bits per heavy atom. The number of unbranched alkanes of at least 4 members (excludes halogenated alkanes) is 1. The lowest BCUT2D eigenvalue weighted by Gasteiger charge is -2.07. The summed E-state index contributed by atoms with van der Waals surface area (Å²) >= 11 is 0. The van der Waals surface area contributed by atoms with Crippen LogP contribution in [-0.4, -0.2) is 27.4 Å². The molecule has 0 atom stereocenters. The highest BCUT2D eigenvalue weighted by Crippen LogP contribution is 2.10. The molecule has 0 aliphatic carbocycles. The van der Waals surface area contributed by atoms with Gasteiger partial charge in [-0.1, -0.05) is 20.3 Å². The van der Waals surface area contributed by atoms with Crippen LogP contribution in [0.15, 0.2) is 29.2 Å². The highest BCUT2D eigenvalue weighted by atomic mass is 32.2. The molecular weight excluding hydrogens is 276 g/mol. The molecule has 1 rings (SSSR count). The molecular formula is C14H22N2O3S. The van der Waals surface area contributed by atoms with Crippen molar-refractivity contribution in [3.8, 4) is 0 Å². The van der Waals surface area contributed by atoms with Crippen molar-refractivity contribution in [3.63, 3.8) is 0 Å². The average molecular weight is 298 g/mol. The van der Waals surface area contributed by atoms with Crippen molar-refractivity contribution < 1.29 is 13.2 Å². The van der Waals surface area contributed by atoms with Gasteiger partial charge in [0.15, 0.2) is 0 Å². The van der Waals surface area contributed by atoms with Gasteiger partial charge in [-0.3, -0.25) is 4.79 Å². The van der Waals surface area contributed by atoms with Gasteiger partial charge in [0.05, 0.1) is 4.90 Å². The fourth-order valence-corrected chi connectivity index (χ4v) is 2.72. The molecule has 0 aliphatic rings. The summed E-state index contributed by atoms with van der Waals surface area (Å²) in [5.41, 5.74) is 0.468. The lowest BCUT2D eigenvalue weighted by molar-refractivity contribution is 0.0953. The summed E-state index contributed by atoms with van der Waals surface area (Å²) in [5.74, 6) is -0.177. The predicted molar refractivity (Wildman–Crippen MR) is 79.2 cm³/mol. The Hall–Kier alpha value is -1.40. The van der Waals surface area contributed by atoms with Gasteiger partial charge >= 0.3 is 0 Å². The van der Waals surface area contributed by atoms with Gasteiger partial charge in [0.2, 0.25) is 10.0 Å². The molecule has 0 saturated heterocycles. The molecule has 0 radical (unpaired) electrons. The fourth-order valence-electron chi connectivity index (χ4n) is 1.59. The fraction of sp³-hybridized carbons (Fsp3) is 0.500. The van der Waals surface area contributed by atoms with Crippen molar-refractivity contribution in [1.82, 2.24) is 10.0 Å². The Kier molecular flexibility index (Phi) is 6.67. The standard InChI is InChI=1S/C14H22N2O3S/c1-3-5-11-15-14(17)12-6-8-13(9-7-12)20(18,19)16-10-4-2/h6-9,16H,3-5,10-11H2,1-2H3,(H,15,17). The van der Waals surface area contributed by atoms with Crippen LogP contribution in [0.5, 0.6) is 0 Å². The summed E-state index contributed by atoms with van der Waals surface area (Å²) in [6.45, 7) is 4.98. The maximum Gasteiger partial charge on any atom is 0.251 e. The van der Waals surface area contributed by atoms with E-state index in [1.54, 1.807) is 0 Å². The Balaban J connectivity index is 2.71.